The molecule has 102 valence electrons. The van der Waals surface area contributed by atoms with Crippen molar-refractivity contribution in [2.45, 2.75) is 52.6 Å². The highest BCUT2D eigenvalue weighted by Gasteiger charge is 2.21. The number of anilines is 1. The standard InChI is InChI=1S/C14H26N4/c1-4-13-10-18(9-11(2)3)14(16-13)17-7-5-12(15)6-8-17/h10-12H,4-9,15H2,1-3H3. The molecule has 0 aliphatic carbocycles. The summed E-state index contributed by atoms with van der Waals surface area (Å²) in [6.45, 7) is 9.80. The van der Waals surface area contributed by atoms with Crippen molar-refractivity contribution in [3.63, 3.8) is 0 Å². The molecule has 0 spiro atoms. The van der Waals surface area contributed by atoms with Crippen molar-refractivity contribution in [3.8, 4) is 0 Å². The zero-order chi connectivity index (χ0) is 13.1. The molecule has 1 aliphatic heterocycles. The van der Waals surface area contributed by atoms with Crippen LogP contribution in [0.3, 0.4) is 0 Å². The van der Waals surface area contributed by atoms with E-state index in [1.165, 1.54) is 5.69 Å². The Morgan fingerprint density at radius 1 is 1.39 bits per heavy atom. The van der Waals surface area contributed by atoms with E-state index < -0.39 is 0 Å². The highest BCUT2D eigenvalue weighted by molar-refractivity contribution is 5.34. The van der Waals surface area contributed by atoms with Gasteiger partial charge in [-0.05, 0) is 25.2 Å². The van der Waals surface area contributed by atoms with E-state index in [1.54, 1.807) is 0 Å². The minimum absolute atomic E-state index is 0.375. The van der Waals surface area contributed by atoms with Gasteiger partial charge in [0.1, 0.15) is 0 Å². The second kappa shape index (κ2) is 5.74. The fraction of sp³-hybridized carbons (Fsp3) is 0.786. The van der Waals surface area contributed by atoms with Crippen LogP contribution < -0.4 is 10.6 Å². The molecule has 0 radical (unpaired) electrons. The lowest BCUT2D eigenvalue weighted by Gasteiger charge is -2.31. The molecule has 4 heteroatoms. The van der Waals surface area contributed by atoms with Crippen LogP contribution in [0.25, 0.3) is 0 Å². The van der Waals surface area contributed by atoms with Gasteiger partial charge in [0, 0.05) is 31.9 Å². The molecule has 0 amide bonds. The lowest BCUT2D eigenvalue weighted by atomic mass is 10.1. The minimum atomic E-state index is 0.375. The van der Waals surface area contributed by atoms with Crippen LogP contribution in [-0.2, 0) is 13.0 Å². The summed E-state index contributed by atoms with van der Waals surface area (Å²) in [7, 11) is 0. The Bertz CT molecular complexity index is 375. The summed E-state index contributed by atoms with van der Waals surface area (Å²) in [4.78, 5) is 7.17. The molecule has 0 bridgehead atoms. The summed E-state index contributed by atoms with van der Waals surface area (Å²) in [5, 5.41) is 0. The van der Waals surface area contributed by atoms with Gasteiger partial charge in [-0.1, -0.05) is 20.8 Å². The second-order valence-electron chi connectivity index (χ2n) is 5.76. The van der Waals surface area contributed by atoms with E-state index in [9.17, 15) is 0 Å². The van der Waals surface area contributed by atoms with Crippen molar-refractivity contribution in [3.05, 3.63) is 11.9 Å². The first-order valence-electron chi connectivity index (χ1n) is 7.16. The molecule has 2 rings (SSSR count). The number of aryl methyl sites for hydroxylation is 1. The third-order valence-electron chi connectivity index (χ3n) is 3.55. The molecule has 2 N–H and O–H groups in total. The van der Waals surface area contributed by atoms with Gasteiger partial charge >= 0.3 is 0 Å². The average Bonchev–Trinajstić information content (AvgIpc) is 2.72. The third-order valence-corrected chi connectivity index (χ3v) is 3.55. The van der Waals surface area contributed by atoms with Gasteiger partial charge in [0.15, 0.2) is 0 Å². The topological polar surface area (TPSA) is 47.1 Å². The van der Waals surface area contributed by atoms with Crippen LogP contribution in [0.4, 0.5) is 5.95 Å². The number of hydrogen-bond donors (Lipinski definition) is 1. The monoisotopic (exact) mass is 250 g/mol. The van der Waals surface area contributed by atoms with E-state index in [4.69, 9.17) is 10.7 Å². The summed E-state index contributed by atoms with van der Waals surface area (Å²) < 4.78 is 2.32. The number of nitrogens with zero attached hydrogens (tertiary/aromatic N) is 3. The molecule has 0 aromatic carbocycles. The Morgan fingerprint density at radius 3 is 2.61 bits per heavy atom. The maximum Gasteiger partial charge on any atom is 0.205 e. The summed E-state index contributed by atoms with van der Waals surface area (Å²) in [5.41, 5.74) is 7.17. The maximum absolute atomic E-state index is 5.97. The van der Waals surface area contributed by atoms with Gasteiger partial charge in [-0.15, -0.1) is 0 Å². The molecule has 1 saturated heterocycles. The van der Waals surface area contributed by atoms with Crippen molar-refractivity contribution in [2.24, 2.45) is 11.7 Å². The van der Waals surface area contributed by atoms with Crippen LogP contribution in [0, 0.1) is 5.92 Å². The molecule has 0 saturated carbocycles. The molecule has 2 heterocycles. The summed E-state index contributed by atoms with van der Waals surface area (Å²) >= 11 is 0. The Balaban J connectivity index is 2.16. The van der Waals surface area contributed by atoms with Crippen LogP contribution >= 0.6 is 0 Å². The lowest BCUT2D eigenvalue weighted by molar-refractivity contribution is 0.474. The fourth-order valence-corrected chi connectivity index (χ4v) is 2.51. The van der Waals surface area contributed by atoms with Crippen molar-refractivity contribution in [1.82, 2.24) is 9.55 Å². The van der Waals surface area contributed by atoms with E-state index in [0.717, 1.165) is 44.8 Å². The van der Waals surface area contributed by atoms with Crippen molar-refractivity contribution >= 4 is 5.95 Å². The minimum Gasteiger partial charge on any atom is -0.342 e. The maximum atomic E-state index is 5.97. The predicted molar refractivity (Wildman–Crippen MR) is 75.9 cm³/mol. The normalized spacial score (nSPS) is 17.7. The average molecular weight is 250 g/mol. The first kappa shape index (κ1) is 13.4. The molecule has 0 unspecified atom stereocenters. The highest BCUT2D eigenvalue weighted by Crippen LogP contribution is 2.20. The molecule has 1 aromatic rings. The molecule has 1 aliphatic rings. The van der Waals surface area contributed by atoms with E-state index >= 15 is 0 Å². The van der Waals surface area contributed by atoms with Crippen LogP contribution in [0.15, 0.2) is 6.20 Å². The summed E-state index contributed by atoms with van der Waals surface area (Å²) in [5.74, 6) is 1.79. The number of nitrogens with two attached hydrogens (primary N) is 1. The quantitative estimate of drug-likeness (QED) is 0.889. The number of imidazole rings is 1. The Morgan fingerprint density at radius 2 is 2.06 bits per heavy atom. The van der Waals surface area contributed by atoms with Gasteiger partial charge in [-0.3, -0.25) is 0 Å². The zero-order valence-corrected chi connectivity index (χ0v) is 11.9. The van der Waals surface area contributed by atoms with E-state index in [1.807, 2.05) is 0 Å². The van der Waals surface area contributed by atoms with Crippen molar-refractivity contribution < 1.29 is 0 Å². The molecule has 1 aromatic heterocycles. The molecular formula is C14H26N4. The van der Waals surface area contributed by atoms with Gasteiger partial charge in [0.25, 0.3) is 0 Å². The highest BCUT2D eigenvalue weighted by atomic mass is 15.3. The Labute approximate surface area is 110 Å². The molecule has 18 heavy (non-hydrogen) atoms. The van der Waals surface area contributed by atoms with Gasteiger partial charge in [0.2, 0.25) is 5.95 Å². The predicted octanol–water partition coefficient (Wildman–Crippen LogP) is 2.03. The Hall–Kier alpha value is -1.03. The van der Waals surface area contributed by atoms with Crippen LogP contribution in [0.1, 0.15) is 39.3 Å². The van der Waals surface area contributed by atoms with E-state index in [0.29, 0.717) is 12.0 Å². The SMILES string of the molecule is CCc1cn(CC(C)C)c(N2CCC(N)CC2)n1. The first-order valence-corrected chi connectivity index (χ1v) is 7.16. The summed E-state index contributed by atoms with van der Waals surface area (Å²) in [6, 6.07) is 0.375. The number of hydrogen-bond acceptors (Lipinski definition) is 3. The van der Waals surface area contributed by atoms with Crippen LogP contribution in [0.5, 0.6) is 0 Å². The van der Waals surface area contributed by atoms with Crippen molar-refractivity contribution in [1.29, 1.82) is 0 Å². The van der Waals surface area contributed by atoms with Gasteiger partial charge in [-0.2, -0.15) is 0 Å². The van der Waals surface area contributed by atoms with E-state index in [-0.39, 0.29) is 0 Å². The molecule has 4 nitrogen and oxygen atoms in total. The molecular weight excluding hydrogens is 224 g/mol. The van der Waals surface area contributed by atoms with Crippen LogP contribution in [0.2, 0.25) is 0 Å². The zero-order valence-electron chi connectivity index (χ0n) is 11.9. The lowest BCUT2D eigenvalue weighted by Crippen LogP contribution is -2.41. The second-order valence-corrected chi connectivity index (χ2v) is 5.76. The third kappa shape index (κ3) is 3.05. The Kier molecular flexibility index (Phi) is 4.27. The largest absolute Gasteiger partial charge is 0.342 e. The van der Waals surface area contributed by atoms with Crippen LogP contribution in [-0.4, -0.2) is 28.7 Å². The van der Waals surface area contributed by atoms with Gasteiger partial charge in [0.05, 0.1) is 5.69 Å². The van der Waals surface area contributed by atoms with E-state index in [2.05, 4.69) is 36.4 Å². The smallest absolute Gasteiger partial charge is 0.205 e. The van der Waals surface area contributed by atoms with Gasteiger partial charge in [-0.25, -0.2) is 4.98 Å². The number of piperidine rings is 1. The summed E-state index contributed by atoms with van der Waals surface area (Å²) in [6.07, 6.45) is 5.38. The van der Waals surface area contributed by atoms with Crippen molar-refractivity contribution in [2.75, 3.05) is 18.0 Å². The number of rotatable bonds is 4. The molecule has 0 atom stereocenters. The van der Waals surface area contributed by atoms with Gasteiger partial charge < -0.3 is 15.2 Å². The fourth-order valence-electron chi connectivity index (χ4n) is 2.51. The number of aromatic nitrogens is 2. The molecule has 1 fully saturated rings. The first-order chi connectivity index (χ1) is 8.60.